The minimum Gasteiger partial charge on any atom is -0.484 e. The summed E-state index contributed by atoms with van der Waals surface area (Å²) in [7, 11) is -1.18. The van der Waals surface area contributed by atoms with Crippen molar-refractivity contribution in [3.8, 4) is 5.75 Å². The van der Waals surface area contributed by atoms with Crippen molar-refractivity contribution < 1.29 is 32.4 Å². The number of amides is 1. The Hall–Kier alpha value is -2.34. The van der Waals surface area contributed by atoms with Crippen LogP contribution in [0.2, 0.25) is 5.02 Å². The van der Waals surface area contributed by atoms with Gasteiger partial charge in [0.15, 0.2) is 0 Å². The maximum Gasteiger partial charge on any atom is 0.474 e. The summed E-state index contributed by atoms with van der Waals surface area (Å²) < 4.78 is 42.0. The van der Waals surface area contributed by atoms with Gasteiger partial charge in [-0.3, -0.25) is 23.3 Å². The summed E-state index contributed by atoms with van der Waals surface area (Å²) in [5.41, 5.74) is 3.09. The molecule has 1 atom stereocenters. The molecule has 1 amide bonds. The Kier molecular flexibility index (Phi) is 9.24. The summed E-state index contributed by atoms with van der Waals surface area (Å²) in [5.74, 6) is 0.331. The van der Waals surface area contributed by atoms with E-state index < -0.39 is 13.9 Å². The summed E-state index contributed by atoms with van der Waals surface area (Å²) in [5, 5.41) is 4.35. The Morgan fingerprint density at radius 1 is 1.15 bits per heavy atom. The number of halogens is 1. The molecule has 1 aromatic heterocycles. The van der Waals surface area contributed by atoms with Crippen LogP contribution in [0.4, 0.5) is 0 Å². The number of phosphoric ester groups is 1. The van der Waals surface area contributed by atoms with Crippen LogP contribution in [0, 0.1) is 4.51 Å². The van der Waals surface area contributed by atoms with E-state index in [1.54, 1.807) is 18.3 Å². The molecule has 214 valence electrons. The van der Waals surface area contributed by atoms with Crippen molar-refractivity contribution in [3.63, 3.8) is 0 Å². The summed E-state index contributed by atoms with van der Waals surface area (Å²) in [6.07, 6.45) is 1.23. The SMILES string of the molecule is COP(=O)(OC)OCC1Cn2cc(C(=O)NCc3ccc(Cl)cc3)c(=S)c3cc(CN4CCOCC4)cc(c32)O1. The largest absolute Gasteiger partial charge is 0.484 e. The molecule has 0 bridgehead atoms. The van der Waals surface area contributed by atoms with Crippen molar-refractivity contribution in [1.82, 2.24) is 14.8 Å². The fourth-order valence-corrected chi connectivity index (χ4v) is 5.96. The molecule has 2 aliphatic heterocycles. The van der Waals surface area contributed by atoms with E-state index in [4.69, 9.17) is 46.9 Å². The molecular weight excluding hydrogens is 577 g/mol. The highest BCUT2D eigenvalue weighted by atomic mass is 35.5. The first-order valence-electron chi connectivity index (χ1n) is 12.8. The molecule has 2 aliphatic rings. The number of aromatic nitrogens is 1. The molecule has 1 N–H and O–H groups in total. The highest BCUT2D eigenvalue weighted by Crippen LogP contribution is 2.48. The standard InChI is InChI=1S/C27H31ClN3O7PS/c1-34-39(33,35-2)37-17-21-15-31-16-23(27(32)29-13-18-3-5-20(28)6-4-18)26(40)22-11-19(12-24(38-21)25(22)31)14-30-7-9-36-10-8-30/h3-6,11-12,16,21H,7-10,13-15,17H2,1-2H3,(H,29,32). The smallest absolute Gasteiger partial charge is 0.474 e. The topological polar surface area (TPSA) is 100 Å². The van der Waals surface area contributed by atoms with E-state index in [9.17, 15) is 9.36 Å². The first kappa shape index (κ1) is 29.2. The number of benzene rings is 2. The average molecular weight is 608 g/mol. The zero-order chi connectivity index (χ0) is 28.3. The number of carbonyl (C=O) groups excluding carboxylic acids is 1. The zero-order valence-corrected chi connectivity index (χ0v) is 24.7. The van der Waals surface area contributed by atoms with Crippen molar-refractivity contribution in [1.29, 1.82) is 0 Å². The number of hydrogen-bond donors (Lipinski definition) is 1. The number of morpholine rings is 1. The third kappa shape index (κ3) is 6.58. The maximum atomic E-state index is 13.4. The van der Waals surface area contributed by atoms with E-state index in [2.05, 4.69) is 10.2 Å². The van der Waals surface area contributed by atoms with Crippen LogP contribution in [0.3, 0.4) is 0 Å². The summed E-state index contributed by atoms with van der Waals surface area (Å²) in [6.45, 7) is 4.30. The minimum absolute atomic E-state index is 0.0473. The quantitative estimate of drug-likeness (QED) is 0.253. The Morgan fingerprint density at radius 2 is 1.88 bits per heavy atom. The molecule has 0 aliphatic carbocycles. The highest BCUT2D eigenvalue weighted by Gasteiger charge is 2.30. The minimum atomic E-state index is -3.69. The number of phosphoric acid groups is 1. The van der Waals surface area contributed by atoms with Crippen LogP contribution >= 0.6 is 31.6 Å². The third-order valence-corrected chi connectivity index (χ3v) is 8.93. The van der Waals surface area contributed by atoms with Crippen molar-refractivity contribution in [2.75, 3.05) is 47.1 Å². The van der Waals surface area contributed by atoms with E-state index in [1.165, 1.54) is 14.2 Å². The molecule has 0 radical (unpaired) electrons. The van der Waals surface area contributed by atoms with Gasteiger partial charge < -0.3 is 19.4 Å². The van der Waals surface area contributed by atoms with Crippen LogP contribution < -0.4 is 10.1 Å². The van der Waals surface area contributed by atoms with Crippen LogP contribution in [0.15, 0.2) is 42.6 Å². The average Bonchev–Trinajstić information content (AvgIpc) is 2.97. The normalized spacial score (nSPS) is 17.5. The van der Waals surface area contributed by atoms with Crippen molar-refractivity contribution in [2.45, 2.75) is 25.7 Å². The van der Waals surface area contributed by atoms with Gasteiger partial charge in [0.05, 0.1) is 42.0 Å². The molecule has 5 rings (SSSR count). The number of pyridine rings is 1. The van der Waals surface area contributed by atoms with E-state index in [-0.39, 0.29) is 12.5 Å². The lowest BCUT2D eigenvalue weighted by Crippen LogP contribution is -2.36. The fraction of sp³-hybridized carbons (Fsp3) is 0.407. The number of hydrogen-bond acceptors (Lipinski definition) is 9. The van der Waals surface area contributed by atoms with Gasteiger partial charge in [-0.05, 0) is 35.4 Å². The summed E-state index contributed by atoms with van der Waals surface area (Å²) >= 11 is 11.8. The molecule has 0 saturated carbocycles. The Morgan fingerprint density at radius 3 is 2.58 bits per heavy atom. The lowest BCUT2D eigenvalue weighted by atomic mass is 10.0. The number of carbonyl (C=O) groups is 1. The van der Waals surface area contributed by atoms with Gasteiger partial charge in [-0.15, -0.1) is 0 Å². The molecule has 10 nitrogen and oxygen atoms in total. The van der Waals surface area contributed by atoms with E-state index in [0.29, 0.717) is 53.7 Å². The Balaban J connectivity index is 1.48. The second kappa shape index (κ2) is 12.7. The van der Waals surface area contributed by atoms with Crippen molar-refractivity contribution in [2.24, 2.45) is 0 Å². The van der Waals surface area contributed by atoms with Gasteiger partial charge in [0.2, 0.25) is 0 Å². The number of nitrogens with one attached hydrogen (secondary N) is 1. The van der Waals surface area contributed by atoms with Crippen molar-refractivity contribution >= 4 is 48.5 Å². The molecule has 40 heavy (non-hydrogen) atoms. The third-order valence-electron chi connectivity index (χ3n) is 6.88. The highest BCUT2D eigenvalue weighted by molar-refractivity contribution is 7.71. The van der Waals surface area contributed by atoms with Gasteiger partial charge >= 0.3 is 7.82 Å². The van der Waals surface area contributed by atoms with Gasteiger partial charge in [-0.25, -0.2) is 4.57 Å². The van der Waals surface area contributed by atoms with E-state index in [1.807, 2.05) is 28.8 Å². The molecule has 2 aromatic carbocycles. The molecule has 3 aromatic rings. The van der Waals surface area contributed by atoms with Crippen LogP contribution in [0.5, 0.6) is 5.75 Å². The maximum absolute atomic E-state index is 13.4. The van der Waals surface area contributed by atoms with Crippen molar-refractivity contribution in [3.05, 3.63) is 68.8 Å². The predicted molar refractivity (Wildman–Crippen MR) is 153 cm³/mol. The van der Waals surface area contributed by atoms with Gasteiger partial charge in [-0.1, -0.05) is 36.0 Å². The van der Waals surface area contributed by atoms with Gasteiger partial charge in [0.25, 0.3) is 5.91 Å². The van der Waals surface area contributed by atoms with Crippen LogP contribution in [-0.2, 0) is 42.5 Å². The van der Waals surface area contributed by atoms with Gasteiger partial charge in [0, 0.05) is 57.0 Å². The lowest BCUT2D eigenvalue weighted by Gasteiger charge is -2.31. The van der Waals surface area contributed by atoms with E-state index in [0.717, 1.165) is 35.1 Å². The second-order valence-electron chi connectivity index (χ2n) is 9.56. The molecule has 1 unspecified atom stereocenters. The fourth-order valence-electron chi connectivity index (χ4n) is 4.82. The molecule has 0 spiro atoms. The zero-order valence-electron chi connectivity index (χ0n) is 22.3. The molecule has 3 heterocycles. The monoisotopic (exact) mass is 607 g/mol. The van der Waals surface area contributed by atoms with Gasteiger partial charge in [-0.2, -0.15) is 0 Å². The Labute approximate surface area is 242 Å². The first-order valence-corrected chi connectivity index (χ1v) is 15.1. The van der Waals surface area contributed by atoms with Gasteiger partial charge in [0.1, 0.15) is 11.9 Å². The number of ether oxygens (including phenoxy) is 2. The molecule has 1 fully saturated rings. The summed E-state index contributed by atoms with van der Waals surface area (Å²) in [6, 6.07) is 11.3. The Bertz CT molecular complexity index is 1490. The van der Waals surface area contributed by atoms with Crippen LogP contribution in [0.1, 0.15) is 21.5 Å². The number of nitrogens with zero attached hydrogens (tertiary/aromatic N) is 2. The number of rotatable bonds is 10. The molecule has 13 heteroatoms. The summed E-state index contributed by atoms with van der Waals surface area (Å²) in [4.78, 5) is 15.7. The second-order valence-corrected chi connectivity index (χ2v) is 12.3. The molecular formula is C27H31ClN3O7PS. The predicted octanol–water partition coefficient (Wildman–Crippen LogP) is 4.96. The molecule has 1 saturated heterocycles. The van der Waals surface area contributed by atoms with E-state index >= 15 is 0 Å². The van der Waals surface area contributed by atoms with Crippen LogP contribution in [0.25, 0.3) is 10.9 Å². The van der Waals surface area contributed by atoms with Crippen LogP contribution in [-0.4, -0.2) is 68.6 Å². The first-order chi connectivity index (χ1) is 19.3. The lowest BCUT2D eigenvalue weighted by molar-refractivity contribution is 0.0341.